The number of alkyl halides is 4. The molecule has 0 unspecified atom stereocenters. The Kier molecular flexibility index (Phi) is 19.1. The Morgan fingerprint density at radius 1 is 0.634 bits per heavy atom. The van der Waals surface area contributed by atoms with Crippen molar-refractivity contribution in [2.45, 2.75) is 39.8 Å². The summed E-state index contributed by atoms with van der Waals surface area (Å²) >= 11 is 5.79. The van der Waals surface area contributed by atoms with Crippen molar-refractivity contribution in [1.29, 1.82) is 0 Å². The Bertz CT molecular complexity index is 2590. The first-order valence-electron chi connectivity index (χ1n) is 23.2. The Balaban J connectivity index is 0.000000209. The van der Waals surface area contributed by atoms with Gasteiger partial charge in [-0.3, -0.25) is 19.5 Å². The van der Waals surface area contributed by atoms with Crippen LogP contribution in [0.25, 0.3) is 22.9 Å². The number of hydrogen-bond acceptors (Lipinski definition) is 14. The second-order valence-corrected chi connectivity index (χ2v) is 16.9. The molecule has 0 bridgehead atoms. The molecule has 2 fully saturated rings. The lowest BCUT2D eigenvalue weighted by atomic mass is 10.1. The molecule has 0 atom stereocenters. The second kappa shape index (κ2) is 25.7. The number of carbonyl (C=O) groups excluding carboxylic acids is 1. The van der Waals surface area contributed by atoms with Crippen molar-refractivity contribution in [3.63, 3.8) is 0 Å². The van der Waals surface area contributed by atoms with Crippen molar-refractivity contribution in [1.82, 2.24) is 40.0 Å². The first-order chi connectivity index (χ1) is 34.3. The van der Waals surface area contributed by atoms with E-state index in [2.05, 4.69) is 59.2 Å². The maximum atomic E-state index is 14.8. The fourth-order valence-corrected chi connectivity index (χ4v) is 7.93. The molecule has 0 spiro atoms. The number of ether oxygens (including phenoxy) is 2. The molecular weight excluding hydrogens is 958 g/mol. The van der Waals surface area contributed by atoms with Gasteiger partial charge in [-0.05, 0) is 97.5 Å². The van der Waals surface area contributed by atoms with E-state index in [1.807, 2.05) is 24.3 Å². The first-order valence-corrected chi connectivity index (χ1v) is 23.6. The van der Waals surface area contributed by atoms with E-state index in [0.717, 1.165) is 96.0 Å². The first kappa shape index (κ1) is 52.6. The van der Waals surface area contributed by atoms with Crippen molar-refractivity contribution in [3.8, 4) is 34.4 Å². The lowest BCUT2D eigenvalue weighted by Gasteiger charge is -2.33. The number of nitrogens with one attached hydrogen (secondary N) is 1. The van der Waals surface area contributed by atoms with E-state index in [9.17, 15) is 31.1 Å². The minimum Gasteiger partial charge on any atom is -0.492 e. The number of aromatic nitrogens is 4. The molecule has 0 radical (unpaired) electrons. The lowest BCUT2D eigenvalue weighted by Crippen LogP contribution is -2.47. The van der Waals surface area contributed by atoms with E-state index in [4.69, 9.17) is 29.9 Å². The maximum Gasteiger partial charge on any atom is 0.321 e. The smallest absolute Gasteiger partial charge is 0.321 e. The molecule has 380 valence electrons. The number of rotatable bonds is 20. The van der Waals surface area contributed by atoms with Crippen molar-refractivity contribution in [2.75, 3.05) is 102 Å². The normalized spacial score (nSPS) is 14.9. The van der Waals surface area contributed by atoms with Gasteiger partial charge in [-0.15, -0.1) is 20.4 Å². The predicted molar refractivity (Wildman–Crippen MR) is 255 cm³/mol. The van der Waals surface area contributed by atoms with Crippen LogP contribution in [0.1, 0.15) is 49.6 Å². The largest absolute Gasteiger partial charge is 0.492 e. The SMILES string of the molecule is CCN1CCN(CCOc2ccc(N(Cc3ccc(-c4nnc(C(F)F)o4)cc3F)C(=O)Cl)cc2)CC1.CCN1CCN(CCOc2ccc(NCc3ccc(-c4nnc(C(F)F)o4)cc3F)cc2)CC1. The average molecular weight is 1010 g/mol. The number of benzene rings is 4. The Morgan fingerprint density at radius 3 is 1.48 bits per heavy atom. The highest BCUT2D eigenvalue weighted by atomic mass is 35.5. The van der Waals surface area contributed by atoms with Gasteiger partial charge in [0.25, 0.3) is 11.8 Å². The van der Waals surface area contributed by atoms with Crippen LogP contribution in [0, 0.1) is 11.6 Å². The van der Waals surface area contributed by atoms with E-state index < -0.39 is 41.6 Å². The summed E-state index contributed by atoms with van der Waals surface area (Å²) < 4.78 is 101. The molecule has 22 heteroatoms. The number of carbonyl (C=O) groups is 1. The highest BCUT2D eigenvalue weighted by molar-refractivity contribution is 6.66. The van der Waals surface area contributed by atoms with Crippen LogP contribution < -0.4 is 19.7 Å². The van der Waals surface area contributed by atoms with Gasteiger partial charge in [0.15, 0.2) is 0 Å². The number of piperazine rings is 2. The predicted octanol–water partition coefficient (Wildman–Crippen LogP) is 9.64. The van der Waals surface area contributed by atoms with Crippen LogP contribution in [0.5, 0.6) is 11.5 Å². The fraction of sp³-hybridized carbons (Fsp3) is 0.408. The third kappa shape index (κ3) is 15.1. The molecule has 4 heterocycles. The Morgan fingerprint density at radius 2 is 1.07 bits per heavy atom. The van der Waals surface area contributed by atoms with Crippen molar-refractivity contribution < 1.29 is 49.4 Å². The molecule has 1 amide bonds. The molecular formula is C49H55ClF6N10O5. The summed E-state index contributed by atoms with van der Waals surface area (Å²) in [6, 6.07) is 22.6. The fourth-order valence-electron chi connectivity index (χ4n) is 7.77. The van der Waals surface area contributed by atoms with E-state index >= 15 is 0 Å². The standard InChI is InChI=1S/C25H27ClF3N5O3.C24H28F3N5O2/c1-2-32-9-11-33(12-10-32)13-14-36-20-7-5-19(6-8-20)34(25(26)35)16-18-4-3-17(15-21(18)27)23-30-31-24(37-23)22(28)29;1-2-31-9-11-32(12-10-31)13-14-33-20-7-5-19(6-8-20)28-16-18-4-3-17(15-21(18)25)23-29-30-24(34-23)22(26)27/h3-8,15,22H,2,9-14,16H2,1H3;3-8,15,22,28H,2,9-14,16H2,1H3. The monoisotopic (exact) mass is 1010 g/mol. The summed E-state index contributed by atoms with van der Waals surface area (Å²) in [7, 11) is 0. The zero-order chi connectivity index (χ0) is 50.3. The minimum absolute atomic E-state index is 0.137. The number of likely N-dealkylation sites (N-methyl/N-ethyl adjacent to an activating group) is 2. The Hall–Kier alpha value is -6.26. The molecule has 2 saturated heterocycles. The van der Waals surface area contributed by atoms with Crippen LogP contribution in [-0.4, -0.2) is 137 Å². The van der Waals surface area contributed by atoms with Gasteiger partial charge in [-0.2, -0.15) is 17.6 Å². The van der Waals surface area contributed by atoms with E-state index in [-0.39, 0.29) is 41.6 Å². The number of anilines is 2. The van der Waals surface area contributed by atoms with Gasteiger partial charge in [0.1, 0.15) is 36.3 Å². The summed E-state index contributed by atoms with van der Waals surface area (Å²) in [6.07, 6.45) is -5.79. The molecule has 71 heavy (non-hydrogen) atoms. The zero-order valence-corrected chi connectivity index (χ0v) is 40.0. The molecule has 2 aliphatic heterocycles. The highest BCUT2D eigenvalue weighted by Crippen LogP contribution is 2.29. The van der Waals surface area contributed by atoms with Crippen LogP contribution in [0.2, 0.25) is 0 Å². The third-order valence-electron chi connectivity index (χ3n) is 12.1. The maximum absolute atomic E-state index is 14.8. The quantitative estimate of drug-likeness (QED) is 0.0441. The van der Waals surface area contributed by atoms with Gasteiger partial charge in [0, 0.05) is 106 Å². The number of hydrogen-bond donors (Lipinski definition) is 1. The van der Waals surface area contributed by atoms with Gasteiger partial charge < -0.3 is 33.4 Å². The number of amides is 1. The summed E-state index contributed by atoms with van der Waals surface area (Å²) in [5.41, 5.74) is 2.25. The highest BCUT2D eigenvalue weighted by Gasteiger charge is 2.22. The number of halogens is 7. The van der Waals surface area contributed by atoms with Crippen LogP contribution in [0.4, 0.5) is 42.5 Å². The minimum atomic E-state index is -2.92. The van der Waals surface area contributed by atoms with Crippen molar-refractivity contribution >= 4 is 28.3 Å². The van der Waals surface area contributed by atoms with E-state index in [0.29, 0.717) is 30.2 Å². The second-order valence-electron chi connectivity index (χ2n) is 16.6. The van der Waals surface area contributed by atoms with Crippen molar-refractivity contribution in [2.24, 2.45) is 0 Å². The Labute approximate surface area is 412 Å². The van der Waals surface area contributed by atoms with E-state index in [1.165, 1.54) is 23.1 Å². The van der Waals surface area contributed by atoms with Crippen LogP contribution in [-0.2, 0) is 13.1 Å². The average Bonchev–Trinajstić information content (AvgIpc) is 4.10. The molecule has 1 N–H and O–H groups in total. The summed E-state index contributed by atoms with van der Waals surface area (Å²) in [6.45, 7) is 18.1. The van der Waals surface area contributed by atoms with Gasteiger partial charge in [0.05, 0.1) is 6.54 Å². The third-order valence-corrected chi connectivity index (χ3v) is 12.3. The molecule has 6 aromatic rings. The summed E-state index contributed by atoms with van der Waals surface area (Å²) in [5, 5.41) is 15.9. The molecule has 0 aliphatic carbocycles. The van der Waals surface area contributed by atoms with Gasteiger partial charge in [0.2, 0.25) is 11.8 Å². The summed E-state index contributed by atoms with van der Waals surface area (Å²) in [5.74, 6) is -1.76. The van der Waals surface area contributed by atoms with Gasteiger partial charge in [-0.1, -0.05) is 26.0 Å². The topological polar surface area (TPSA) is 142 Å². The zero-order valence-electron chi connectivity index (χ0n) is 39.3. The van der Waals surface area contributed by atoms with E-state index in [1.54, 1.807) is 36.4 Å². The van der Waals surface area contributed by atoms with Crippen LogP contribution in [0.3, 0.4) is 0 Å². The molecule has 8 rings (SSSR count). The van der Waals surface area contributed by atoms with Crippen LogP contribution in [0.15, 0.2) is 93.8 Å². The molecule has 15 nitrogen and oxygen atoms in total. The van der Waals surface area contributed by atoms with Crippen LogP contribution >= 0.6 is 11.6 Å². The lowest BCUT2D eigenvalue weighted by molar-refractivity contribution is 0.115. The van der Waals surface area contributed by atoms with Crippen molar-refractivity contribution in [3.05, 3.63) is 119 Å². The molecule has 4 aromatic carbocycles. The molecule has 2 aromatic heterocycles. The van der Waals surface area contributed by atoms with Gasteiger partial charge in [-0.25, -0.2) is 8.78 Å². The summed E-state index contributed by atoms with van der Waals surface area (Å²) in [4.78, 5) is 23.0. The van der Waals surface area contributed by atoms with Gasteiger partial charge >= 0.3 is 18.2 Å². The molecule has 2 aliphatic rings. The number of nitrogens with zero attached hydrogens (tertiary/aromatic N) is 9. The molecule has 0 saturated carbocycles.